The average molecular weight is 1070 g/mol. The normalized spacial score (nSPS) is 49.8. The van der Waals surface area contributed by atoms with Crippen molar-refractivity contribution in [3.63, 3.8) is 0 Å². The van der Waals surface area contributed by atoms with Crippen molar-refractivity contribution in [2.75, 3.05) is 39.6 Å². The summed E-state index contributed by atoms with van der Waals surface area (Å²) in [6.07, 6.45) is -52.3. The summed E-state index contributed by atoms with van der Waals surface area (Å²) in [7, 11) is 0. The highest BCUT2D eigenvalue weighted by atomic mass is 16.8. The number of ether oxygens (including phenoxy) is 11. The molecule has 73 heavy (non-hydrogen) atoms. The molecule has 6 fully saturated rings. The van der Waals surface area contributed by atoms with Crippen molar-refractivity contribution < 1.29 is 154 Å². The number of amides is 2. The number of nitrogens with one attached hydrogen (secondary N) is 2. The van der Waals surface area contributed by atoms with E-state index in [1.54, 1.807) is 0 Å². The molecule has 6 aliphatic heterocycles. The maximum absolute atomic E-state index is 12.4. The molecule has 0 aromatic carbocycles. The van der Waals surface area contributed by atoms with Gasteiger partial charge >= 0.3 is 0 Å². The highest BCUT2D eigenvalue weighted by molar-refractivity contribution is 5.73. The van der Waals surface area contributed by atoms with Crippen molar-refractivity contribution in [2.45, 2.75) is 198 Å². The Labute approximate surface area is 413 Å². The van der Waals surface area contributed by atoms with Crippen LogP contribution in [0.1, 0.15) is 13.8 Å². The summed E-state index contributed by atoms with van der Waals surface area (Å²) >= 11 is 0. The van der Waals surface area contributed by atoms with Crippen LogP contribution in [0.2, 0.25) is 0 Å². The highest BCUT2D eigenvalue weighted by Gasteiger charge is 2.58. The van der Waals surface area contributed by atoms with Gasteiger partial charge in [-0.05, 0) is 0 Å². The van der Waals surface area contributed by atoms with E-state index in [0.29, 0.717) is 0 Å². The van der Waals surface area contributed by atoms with Crippen molar-refractivity contribution in [3.8, 4) is 0 Å². The fourth-order valence-electron chi connectivity index (χ4n) is 9.33. The maximum atomic E-state index is 12.4. The van der Waals surface area contributed by atoms with Crippen LogP contribution in [0.3, 0.4) is 0 Å². The molecule has 33 heteroatoms. The molecule has 6 heterocycles. The number of rotatable bonds is 18. The minimum absolute atomic E-state index is 0.694. The SMILES string of the molecule is CC(=O)N[C@@H]1[C@@H](O)[C@H](O[C@@H]2O[C@H](CO)[C@@H](O[C@H]3O[C@H](CO)[C@@H](O[C@@H]4O[C@H](CO)[C@@H](O[C@H]5O[C@H](CO)[C@@H](O[C@H]6O[C@H](CO)[C@@H](O)[C@H](O)[C@@H]6O)[C@H](O)[C@@H]5O)[C@H](O)[C@@H]4O)[C@H](O)[C@@H]3O)[C@H](O)[C@H]2NC(C)=O)[C@@H](CO)O[C@H]1O. The number of aliphatic hydroxyl groups is 18. The van der Waals surface area contributed by atoms with E-state index in [1.807, 2.05) is 0 Å². The number of carbonyl (C=O) groups excluding carboxylic acids is 2. The Balaban J connectivity index is 1.10. The number of hydrogen-bond donors (Lipinski definition) is 20. The first kappa shape index (κ1) is 60.0. The van der Waals surface area contributed by atoms with Crippen molar-refractivity contribution in [1.29, 1.82) is 0 Å². The number of aliphatic hydroxyl groups excluding tert-OH is 18. The van der Waals surface area contributed by atoms with E-state index in [-0.39, 0.29) is 0 Å². The summed E-state index contributed by atoms with van der Waals surface area (Å²) < 4.78 is 61.9. The Bertz CT molecular complexity index is 1740. The molecule has 0 aromatic rings. The van der Waals surface area contributed by atoms with Gasteiger partial charge in [-0.2, -0.15) is 0 Å². The molecule has 0 bridgehead atoms. The summed E-state index contributed by atoms with van der Waals surface area (Å²) in [4.78, 5) is 24.2. The Morgan fingerprint density at radius 1 is 0.329 bits per heavy atom. The molecule has 30 atom stereocenters. The highest BCUT2D eigenvalue weighted by Crippen LogP contribution is 2.37. The standard InChI is InChI=1S/C40H68N2O31/c1-9(49)41-17-20(52)30(12(4-44)63-35(17)62)69-36-18(42-10(2)50)21(53)31(13(5-45)65-36)70-38-27(59)23(55)33(15(7-47)66-38)72-40-29(61)25(57)34(16(8-48)68-40)73-39-28(60)24(56)32(14(6-46)67-39)71-37-26(58)22(54)19(51)11(3-43)64-37/h11-40,43-48,51-62H,3-8H2,1-2H3,(H,41,49)(H,42,50)/t11-,12-,13-,14-,15-,16-,17-,18-,19-,20-,21-,22+,23-,24-,25-,26+,27+,28+,29+,30-,31-,32-,33-,34-,35-,36+,37-,38-,39-,40+/m1/s1. The van der Waals surface area contributed by atoms with E-state index < -0.39 is 236 Å². The van der Waals surface area contributed by atoms with Crippen LogP contribution in [-0.4, -0.2) is 327 Å². The van der Waals surface area contributed by atoms with Crippen molar-refractivity contribution in [3.05, 3.63) is 0 Å². The van der Waals surface area contributed by atoms with E-state index in [9.17, 15) is 102 Å². The summed E-state index contributed by atoms with van der Waals surface area (Å²) in [6.45, 7) is -3.60. The number of hydrogen-bond acceptors (Lipinski definition) is 31. The molecule has 33 nitrogen and oxygen atoms in total. The van der Waals surface area contributed by atoms with E-state index in [1.165, 1.54) is 0 Å². The Morgan fingerprint density at radius 2 is 0.589 bits per heavy atom. The molecular formula is C40H68N2O31. The topological polar surface area (TPSA) is 524 Å². The molecule has 0 radical (unpaired) electrons. The van der Waals surface area contributed by atoms with Crippen LogP contribution in [0.5, 0.6) is 0 Å². The Morgan fingerprint density at radius 3 is 0.932 bits per heavy atom. The lowest BCUT2D eigenvalue weighted by Gasteiger charge is -2.50. The lowest BCUT2D eigenvalue weighted by Crippen LogP contribution is -2.70. The van der Waals surface area contributed by atoms with Crippen molar-refractivity contribution >= 4 is 11.8 Å². The maximum Gasteiger partial charge on any atom is 0.217 e. The molecule has 20 N–H and O–H groups in total. The first-order valence-corrected chi connectivity index (χ1v) is 23.1. The zero-order valence-corrected chi connectivity index (χ0v) is 38.9. The molecule has 2 amide bonds. The third kappa shape index (κ3) is 12.9. The van der Waals surface area contributed by atoms with Gasteiger partial charge in [0.1, 0.15) is 146 Å². The van der Waals surface area contributed by atoms with Gasteiger partial charge in [-0.3, -0.25) is 9.59 Å². The van der Waals surface area contributed by atoms with Crippen LogP contribution in [0.4, 0.5) is 0 Å². The predicted octanol–water partition coefficient (Wildman–Crippen LogP) is -13.8. The quantitative estimate of drug-likeness (QED) is 0.0606. The Hall–Kier alpha value is -2.22. The van der Waals surface area contributed by atoms with E-state index in [4.69, 9.17) is 52.1 Å². The van der Waals surface area contributed by atoms with Gasteiger partial charge in [0.15, 0.2) is 37.7 Å². The third-order valence-corrected chi connectivity index (χ3v) is 13.2. The molecule has 6 aliphatic rings. The van der Waals surface area contributed by atoms with Crippen LogP contribution >= 0.6 is 0 Å². The molecule has 424 valence electrons. The van der Waals surface area contributed by atoms with Crippen LogP contribution < -0.4 is 10.6 Å². The zero-order valence-electron chi connectivity index (χ0n) is 38.9. The molecule has 6 saturated heterocycles. The van der Waals surface area contributed by atoms with Crippen LogP contribution in [0.25, 0.3) is 0 Å². The van der Waals surface area contributed by atoms with Gasteiger partial charge in [-0.1, -0.05) is 0 Å². The first-order valence-electron chi connectivity index (χ1n) is 23.1. The molecule has 0 aliphatic carbocycles. The van der Waals surface area contributed by atoms with Gasteiger partial charge in [0.25, 0.3) is 0 Å². The summed E-state index contributed by atoms with van der Waals surface area (Å²) in [6, 6.07) is -3.16. The van der Waals surface area contributed by atoms with E-state index in [0.717, 1.165) is 13.8 Å². The van der Waals surface area contributed by atoms with E-state index >= 15 is 0 Å². The molecule has 0 spiro atoms. The minimum Gasteiger partial charge on any atom is -0.394 e. The van der Waals surface area contributed by atoms with Crippen molar-refractivity contribution in [1.82, 2.24) is 10.6 Å². The van der Waals surface area contributed by atoms with Gasteiger partial charge in [0.05, 0.1) is 39.6 Å². The zero-order chi connectivity index (χ0) is 53.9. The van der Waals surface area contributed by atoms with Gasteiger partial charge in [0, 0.05) is 13.8 Å². The van der Waals surface area contributed by atoms with Crippen LogP contribution in [0, 0.1) is 0 Å². The van der Waals surface area contributed by atoms with Crippen molar-refractivity contribution in [2.24, 2.45) is 0 Å². The second-order valence-electron chi connectivity index (χ2n) is 18.2. The fraction of sp³-hybridized carbons (Fsp3) is 0.950. The lowest BCUT2D eigenvalue weighted by atomic mass is 9.94. The second-order valence-corrected chi connectivity index (χ2v) is 18.2. The summed E-state index contributed by atoms with van der Waals surface area (Å²) in [5, 5.41) is 196. The van der Waals surface area contributed by atoms with Crippen LogP contribution in [0.15, 0.2) is 0 Å². The lowest BCUT2D eigenvalue weighted by molar-refractivity contribution is -0.393. The van der Waals surface area contributed by atoms with Gasteiger partial charge in [-0.25, -0.2) is 0 Å². The predicted molar refractivity (Wildman–Crippen MR) is 222 cm³/mol. The fourth-order valence-corrected chi connectivity index (χ4v) is 9.33. The molecule has 0 aromatic heterocycles. The smallest absolute Gasteiger partial charge is 0.217 e. The largest absolute Gasteiger partial charge is 0.394 e. The minimum atomic E-state index is -2.19. The van der Waals surface area contributed by atoms with Gasteiger partial charge in [-0.15, -0.1) is 0 Å². The van der Waals surface area contributed by atoms with Crippen LogP contribution in [-0.2, 0) is 61.7 Å². The molecule has 0 saturated carbocycles. The van der Waals surface area contributed by atoms with Gasteiger partial charge < -0.3 is 155 Å². The summed E-state index contributed by atoms with van der Waals surface area (Å²) in [5.41, 5.74) is 0. The molecule has 0 unspecified atom stereocenters. The second kappa shape index (κ2) is 26.0. The summed E-state index contributed by atoms with van der Waals surface area (Å²) in [5.74, 6) is -1.48. The molecular weight excluding hydrogens is 1000 g/mol. The number of carbonyl (C=O) groups is 2. The van der Waals surface area contributed by atoms with Gasteiger partial charge in [0.2, 0.25) is 11.8 Å². The first-order chi connectivity index (χ1) is 34.5. The average Bonchev–Trinajstić information content (AvgIpc) is 3.36. The molecule has 6 rings (SSSR count). The monoisotopic (exact) mass is 1070 g/mol. The third-order valence-electron chi connectivity index (χ3n) is 13.2. The van der Waals surface area contributed by atoms with E-state index in [2.05, 4.69) is 10.6 Å². The Kier molecular flexibility index (Phi) is 21.3.